The molecule has 1 nitrogen and oxygen atoms in total. The van der Waals surface area contributed by atoms with Crippen molar-refractivity contribution < 1.29 is 19.2 Å². The van der Waals surface area contributed by atoms with Gasteiger partial charge < -0.3 is 13.2 Å². The van der Waals surface area contributed by atoms with Gasteiger partial charge in [-0.15, -0.1) is 70.1 Å². The second-order valence-electron chi connectivity index (χ2n) is 6.65. The molecule has 0 fully saturated rings. The van der Waals surface area contributed by atoms with E-state index < -0.39 is 0 Å². The van der Waals surface area contributed by atoms with E-state index in [0.29, 0.717) is 0 Å². The third-order valence-electron chi connectivity index (χ3n) is 3.13. The van der Waals surface area contributed by atoms with Crippen molar-refractivity contribution in [3.8, 4) is 0 Å². The first kappa shape index (κ1) is 32.7. The summed E-state index contributed by atoms with van der Waals surface area (Å²) < 4.78 is 0. The zero-order valence-corrected chi connectivity index (χ0v) is 21.6. The molecular weight excluding hydrogens is 449 g/mol. The third-order valence-corrected chi connectivity index (χ3v) is 3.13. The second-order valence-corrected chi connectivity index (χ2v) is 6.65. The fourth-order valence-electron chi connectivity index (χ4n) is 2.25. The van der Waals surface area contributed by atoms with Crippen molar-refractivity contribution in [2.75, 3.05) is 0 Å². The molecule has 0 saturated carbocycles. The molecule has 0 amide bonds. The zero-order valence-electron chi connectivity index (χ0n) is 17.4. The van der Waals surface area contributed by atoms with Gasteiger partial charge in [-0.3, -0.25) is 0 Å². The van der Waals surface area contributed by atoms with Gasteiger partial charge in [0.1, 0.15) is 0 Å². The Morgan fingerprint density at radius 2 is 1.10 bits per heavy atom. The van der Waals surface area contributed by atoms with Gasteiger partial charge in [-0.05, 0) is 0 Å². The molecule has 4 aromatic rings. The van der Waals surface area contributed by atoms with Gasteiger partial charge in [-0.2, -0.15) is 36.4 Å². The molecule has 1 N–H and O–H groups in total. The maximum absolute atomic E-state index is 6.94. The van der Waals surface area contributed by atoms with E-state index in [-0.39, 0.29) is 37.8 Å². The van der Waals surface area contributed by atoms with E-state index >= 15 is 0 Å². The second kappa shape index (κ2) is 17.8. The van der Waals surface area contributed by atoms with Gasteiger partial charge in [-0.1, -0.05) is 57.2 Å². The largest absolute Gasteiger partial charge is 0.184 e. The number of nitrogens with one attached hydrogen (secondary N) is 1. The summed E-state index contributed by atoms with van der Waals surface area (Å²) in [5.41, 5.74) is 6.69. The Morgan fingerprint density at radius 1 is 0.759 bits per heavy atom. The van der Waals surface area contributed by atoms with Gasteiger partial charge in [0.15, 0.2) is 0 Å². The topological polar surface area (TPSA) is 23.8 Å². The molecule has 0 aromatic heterocycles. The predicted octanol–water partition coefficient (Wildman–Crippen LogP) is 7.95. The monoisotopic (exact) mass is 477 g/mol. The molecule has 156 valence electrons. The van der Waals surface area contributed by atoms with Gasteiger partial charge in [0.25, 0.3) is 0 Å². The zero-order chi connectivity index (χ0) is 19.4. The minimum Gasteiger partial charge on any atom is -0.184 e. The molecule has 0 bridgehead atoms. The molecule has 0 atom stereocenters. The normalized spacial score (nSPS) is 8.79. The molecule has 0 heterocycles. The van der Waals surface area contributed by atoms with Crippen molar-refractivity contribution in [2.24, 2.45) is 0 Å². The van der Waals surface area contributed by atoms with Crippen LogP contribution < -0.4 is 0 Å². The Labute approximate surface area is 202 Å². The first-order chi connectivity index (χ1) is 12.4. The van der Waals surface area contributed by atoms with Crippen LogP contribution in [0.1, 0.15) is 20.8 Å². The van der Waals surface area contributed by atoms with Crippen LogP contribution in [0.2, 0.25) is 0 Å². The SMILES string of the molecule is CC(C)(C)[NH-].Cl.Cl.[CH3-].[Si]=[Ti].[c-]1ccccc1.c1ccc2c(c1)[cH-]c1ccccc12. The summed E-state index contributed by atoms with van der Waals surface area (Å²) in [6, 6.07) is 31.8. The van der Waals surface area contributed by atoms with Crippen LogP contribution in [-0.4, -0.2) is 13.2 Å². The van der Waals surface area contributed by atoms with Gasteiger partial charge in [-0.25, -0.2) is 0 Å². The smallest absolute Gasteiger partial charge is 0.0771 e. The van der Waals surface area contributed by atoms with Crippen molar-refractivity contribution in [1.82, 2.24) is 0 Å². The van der Waals surface area contributed by atoms with Crippen LogP contribution in [-0.2, 0) is 19.2 Å². The average molecular weight is 478 g/mol. The van der Waals surface area contributed by atoms with Gasteiger partial charge in [0, 0.05) is 0 Å². The molecule has 0 aliphatic carbocycles. The quantitative estimate of drug-likeness (QED) is 0.181. The molecule has 2 radical (unpaired) electrons. The van der Waals surface area contributed by atoms with Crippen LogP contribution in [0.15, 0.2) is 84.9 Å². The minimum absolute atomic E-state index is 0. The van der Waals surface area contributed by atoms with Crippen molar-refractivity contribution in [3.63, 3.8) is 0 Å². The van der Waals surface area contributed by atoms with E-state index in [1.165, 1.54) is 21.5 Å². The van der Waals surface area contributed by atoms with Crippen LogP contribution in [0.25, 0.3) is 27.3 Å². The number of benzene rings is 3. The Morgan fingerprint density at radius 3 is 1.38 bits per heavy atom. The van der Waals surface area contributed by atoms with E-state index in [2.05, 4.69) is 68.3 Å². The first-order valence-corrected chi connectivity index (χ1v) is 11.2. The van der Waals surface area contributed by atoms with Gasteiger partial charge in [0.05, 0.1) is 0 Å². The fraction of sp³-hybridized carbons (Fsp3) is 0.167. The standard InChI is InChI=1S/C13H9.C6H5.C4H10N.CH3.2ClH.Si.Ti/c1-3-7-12-10(5-1)9-11-6-2-4-8-13(11)12;1-2-4-6-5-3-1;1-4(2,3)5;;;;;/h1-9H;1-5H;5H,1-3H3;1H3;2*1H;;/q4*-1;;;;. The predicted molar refractivity (Wildman–Crippen MR) is 133 cm³/mol. The molecule has 5 heteroatoms. The molecule has 29 heavy (non-hydrogen) atoms. The number of hydrogen-bond acceptors (Lipinski definition) is 0. The summed E-state index contributed by atoms with van der Waals surface area (Å²) in [6.45, 7) is 5.56. The maximum atomic E-state index is 6.94. The number of fused-ring (bicyclic) bond motifs is 3. The first-order valence-electron chi connectivity index (χ1n) is 8.39. The van der Waals surface area contributed by atoms with Crippen molar-refractivity contribution in [2.45, 2.75) is 26.3 Å². The van der Waals surface area contributed by atoms with Crippen LogP contribution in [0.5, 0.6) is 0 Å². The number of hydrogen-bond donors (Lipinski definition) is 0. The van der Waals surface area contributed by atoms with Crippen LogP contribution in [0.4, 0.5) is 0 Å². The summed E-state index contributed by atoms with van der Waals surface area (Å²) in [4.78, 5) is 0. The summed E-state index contributed by atoms with van der Waals surface area (Å²) in [6.07, 6.45) is 0. The molecule has 0 spiro atoms. The Hall–Kier alpha value is -0.999. The van der Waals surface area contributed by atoms with Crippen LogP contribution in [0, 0.1) is 13.5 Å². The Kier molecular flexibility index (Phi) is 20.1. The third kappa shape index (κ3) is 13.8. The summed E-state index contributed by atoms with van der Waals surface area (Å²) >= 11 is 1.81. The van der Waals surface area contributed by atoms with E-state index in [1.807, 2.05) is 51.1 Å². The van der Waals surface area contributed by atoms with Crippen LogP contribution in [0.3, 0.4) is 0 Å². The molecule has 0 aliphatic rings. The maximum Gasteiger partial charge on any atom is -0.0771 e. The Bertz CT molecular complexity index is 806. The fourth-order valence-corrected chi connectivity index (χ4v) is 2.25. The minimum atomic E-state index is -0.250. The van der Waals surface area contributed by atoms with Gasteiger partial charge in [0.2, 0.25) is 0 Å². The number of rotatable bonds is 0. The molecule has 0 unspecified atom stereocenters. The molecule has 0 saturated heterocycles. The van der Waals surface area contributed by atoms with E-state index in [9.17, 15) is 0 Å². The molecule has 0 aliphatic heterocycles. The molecule has 4 rings (SSSR count). The summed E-state index contributed by atoms with van der Waals surface area (Å²) in [5, 5.41) is 5.39. The molecular formula is C24H29Cl2NSiTi-4. The summed E-state index contributed by atoms with van der Waals surface area (Å²) in [7, 11) is 2.97. The molecule has 4 aromatic carbocycles. The van der Waals surface area contributed by atoms with Crippen LogP contribution >= 0.6 is 24.8 Å². The van der Waals surface area contributed by atoms with E-state index in [4.69, 9.17) is 5.73 Å². The average Bonchev–Trinajstić information content (AvgIpc) is 3.03. The van der Waals surface area contributed by atoms with Crippen molar-refractivity contribution >= 4 is 54.0 Å². The van der Waals surface area contributed by atoms with Crippen molar-refractivity contribution in [3.05, 3.63) is 104 Å². The van der Waals surface area contributed by atoms with Gasteiger partial charge >= 0.3 is 26.8 Å². The Balaban J connectivity index is -0.000000365. The van der Waals surface area contributed by atoms with E-state index in [0.717, 1.165) is 0 Å². The van der Waals surface area contributed by atoms with Crippen molar-refractivity contribution in [1.29, 1.82) is 0 Å². The summed E-state index contributed by atoms with van der Waals surface area (Å²) in [5.74, 6) is 0. The number of halogens is 2. The van der Waals surface area contributed by atoms with E-state index in [1.54, 1.807) is 19.2 Å².